The molecule has 0 spiro atoms. The quantitative estimate of drug-likeness (QED) is 0.610. The lowest BCUT2D eigenvalue weighted by Crippen LogP contribution is -2.64. The van der Waals surface area contributed by atoms with E-state index in [0.717, 1.165) is 24.0 Å². The molecule has 1 aromatic rings. The van der Waals surface area contributed by atoms with Crippen molar-refractivity contribution in [2.75, 3.05) is 6.54 Å². The Morgan fingerprint density at radius 1 is 1.27 bits per heavy atom. The molecule has 1 unspecified atom stereocenters. The van der Waals surface area contributed by atoms with E-state index in [0.29, 0.717) is 31.6 Å². The van der Waals surface area contributed by atoms with Crippen molar-refractivity contribution in [3.8, 4) is 0 Å². The lowest BCUT2D eigenvalue weighted by atomic mass is 9.62. The molecule has 1 aliphatic carbocycles. The molecule has 6 rings (SSSR count). The van der Waals surface area contributed by atoms with Crippen molar-refractivity contribution in [1.29, 1.82) is 0 Å². The van der Waals surface area contributed by atoms with Crippen molar-refractivity contribution < 1.29 is 19.1 Å². The summed E-state index contributed by atoms with van der Waals surface area (Å²) >= 11 is 0. The smallest absolute Gasteiger partial charge is 0.255 e. The molecule has 30 heavy (non-hydrogen) atoms. The lowest BCUT2D eigenvalue weighted by molar-refractivity contribution is -0.136. The highest BCUT2D eigenvalue weighted by Gasteiger charge is 2.70. The topological polar surface area (TPSA) is 114 Å². The fourth-order valence-corrected chi connectivity index (χ4v) is 5.81. The van der Waals surface area contributed by atoms with Gasteiger partial charge in [-0.25, -0.2) is 0 Å². The van der Waals surface area contributed by atoms with E-state index in [1.165, 1.54) is 0 Å². The molecule has 5 aliphatic rings. The van der Waals surface area contributed by atoms with Gasteiger partial charge in [-0.3, -0.25) is 19.7 Å². The normalized spacial score (nSPS) is 34.0. The number of amides is 3. The van der Waals surface area contributed by atoms with E-state index < -0.39 is 6.04 Å². The average Bonchev–Trinajstić information content (AvgIpc) is 3.20. The number of carbonyl (C=O) groups excluding carboxylic acids is 3. The van der Waals surface area contributed by atoms with Crippen LogP contribution in [0.1, 0.15) is 61.0 Å². The molecular weight excluding hydrogens is 384 g/mol. The zero-order valence-corrected chi connectivity index (χ0v) is 17.4. The molecule has 1 atom stereocenters. The van der Waals surface area contributed by atoms with Crippen molar-refractivity contribution in [2.24, 2.45) is 5.73 Å². The van der Waals surface area contributed by atoms with Crippen LogP contribution in [0.3, 0.4) is 0 Å². The van der Waals surface area contributed by atoms with Gasteiger partial charge in [0.05, 0.1) is 16.7 Å². The van der Waals surface area contributed by atoms with Gasteiger partial charge in [-0.1, -0.05) is 18.2 Å². The van der Waals surface area contributed by atoms with Crippen molar-refractivity contribution in [1.82, 2.24) is 15.5 Å². The minimum absolute atomic E-state index is 0.138. The Morgan fingerprint density at radius 2 is 2.03 bits per heavy atom. The van der Waals surface area contributed by atoms with E-state index in [-0.39, 0.29) is 40.9 Å². The minimum atomic E-state index is -0.596. The number of hydrogen-bond donors (Lipinski definition) is 3. The second kappa shape index (κ2) is 6.35. The summed E-state index contributed by atoms with van der Waals surface area (Å²) in [6.45, 7) is 5.64. The molecule has 2 bridgehead atoms. The van der Waals surface area contributed by atoms with Gasteiger partial charge in [0, 0.05) is 31.6 Å². The maximum Gasteiger partial charge on any atom is 0.255 e. The third-order valence-corrected chi connectivity index (χ3v) is 7.50. The molecular formula is C22H28N4O4. The summed E-state index contributed by atoms with van der Waals surface area (Å²) in [6.07, 6.45) is 2.36. The predicted octanol–water partition coefficient (Wildman–Crippen LogP) is 0.576. The number of nitrogens with one attached hydrogen (secondary N) is 2. The molecule has 4 N–H and O–H groups in total. The number of ether oxygens (including phenoxy) is 1. The van der Waals surface area contributed by atoms with Crippen LogP contribution in [0.4, 0.5) is 0 Å². The van der Waals surface area contributed by atoms with Gasteiger partial charge in [0.1, 0.15) is 6.04 Å². The van der Waals surface area contributed by atoms with Gasteiger partial charge < -0.3 is 20.7 Å². The summed E-state index contributed by atoms with van der Waals surface area (Å²) in [5.41, 5.74) is 7.75. The second-order valence-electron chi connectivity index (χ2n) is 9.64. The van der Waals surface area contributed by atoms with Gasteiger partial charge in [-0.05, 0) is 44.2 Å². The van der Waals surface area contributed by atoms with Gasteiger partial charge >= 0.3 is 0 Å². The average molecular weight is 412 g/mol. The number of rotatable bonds is 5. The first-order valence-electron chi connectivity index (χ1n) is 10.6. The largest absolute Gasteiger partial charge is 0.366 e. The summed E-state index contributed by atoms with van der Waals surface area (Å²) in [4.78, 5) is 38.6. The van der Waals surface area contributed by atoms with Crippen LogP contribution in [-0.4, -0.2) is 51.9 Å². The highest BCUT2D eigenvalue weighted by molar-refractivity contribution is 6.06. The van der Waals surface area contributed by atoms with E-state index in [4.69, 9.17) is 10.5 Å². The molecule has 160 valence electrons. The number of benzene rings is 1. The van der Waals surface area contributed by atoms with Crippen LogP contribution in [0.25, 0.3) is 0 Å². The Hall–Kier alpha value is -2.29. The third-order valence-electron chi connectivity index (χ3n) is 7.50. The third kappa shape index (κ3) is 2.67. The van der Waals surface area contributed by atoms with E-state index >= 15 is 0 Å². The first-order valence-corrected chi connectivity index (χ1v) is 10.6. The first kappa shape index (κ1) is 19.7. The van der Waals surface area contributed by atoms with Crippen LogP contribution < -0.4 is 16.4 Å². The van der Waals surface area contributed by atoms with Gasteiger partial charge in [0.15, 0.2) is 0 Å². The standard InChI is InChI=1S/C22H28N4O4/c1-20(2)22(10-21(11-22,12-23)30-20)24-8-13-4-3-5-14-9-26(19(29)17(13)14)15-6-7-16(27)25-18(15)28/h3-5,15,24H,6-12,23H2,1-2H3,(H,25,27,28). The summed E-state index contributed by atoms with van der Waals surface area (Å²) in [6, 6.07) is 5.26. The van der Waals surface area contributed by atoms with Crippen LogP contribution in [0, 0.1) is 0 Å². The van der Waals surface area contributed by atoms with Crippen LogP contribution in [0.5, 0.6) is 0 Å². The van der Waals surface area contributed by atoms with Gasteiger partial charge in [-0.2, -0.15) is 0 Å². The van der Waals surface area contributed by atoms with Crippen LogP contribution in [0.15, 0.2) is 18.2 Å². The second-order valence-corrected chi connectivity index (χ2v) is 9.64. The van der Waals surface area contributed by atoms with Crippen molar-refractivity contribution in [3.63, 3.8) is 0 Å². The fourth-order valence-electron chi connectivity index (χ4n) is 5.81. The summed E-state index contributed by atoms with van der Waals surface area (Å²) < 4.78 is 6.25. The first-order chi connectivity index (χ1) is 14.2. The number of imide groups is 1. The maximum absolute atomic E-state index is 13.2. The number of carbonyl (C=O) groups is 3. The molecule has 3 saturated heterocycles. The Labute approximate surface area is 175 Å². The van der Waals surface area contributed by atoms with Gasteiger partial charge in [0.25, 0.3) is 5.91 Å². The molecule has 4 fully saturated rings. The molecule has 4 heterocycles. The molecule has 4 aliphatic heterocycles. The summed E-state index contributed by atoms with van der Waals surface area (Å²) in [5, 5.41) is 6.02. The zero-order chi connectivity index (χ0) is 21.3. The highest BCUT2D eigenvalue weighted by Crippen LogP contribution is 2.60. The zero-order valence-electron chi connectivity index (χ0n) is 17.4. The van der Waals surface area contributed by atoms with Gasteiger partial charge in [0.2, 0.25) is 11.8 Å². The highest BCUT2D eigenvalue weighted by atomic mass is 16.5. The Morgan fingerprint density at radius 3 is 2.70 bits per heavy atom. The summed E-state index contributed by atoms with van der Waals surface area (Å²) in [5.74, 6) is -0.801. The van der Waals surface area contributed by atoms with E-state index in [1.807, 2.05) is 18.2 Å². The van der Waals surface area contributed by atoms with Crippen molar-refractivity contribution in [2.45, 2.75) is 75.4 Å². The fraction of sp³-hybridized carbons (Fsp3) is 0.591. The van der Waals surface area contributed by atoms with Crippen LogP contribution in [0.2, 0.25) is 0 Å². The minimum Gasteiger partial charge on any atom is -0.366 e. The van der Waals surface area contributed by atoms with E-state index in [2.05, 4.69) is 24.5 Å². The molecule has 8 nitrogen and oxygen atoms in total. The molecule has 8 heteroatoms. The number of nitrogens with two attached hydrogens (primary N) is 1. The van der Waals surface area contributed by atoms with Crippen molar-refractivity contribution >= 4 is 17.7 Å². The Balaban J connectivity index is 1.35. The summed E-state index contributed by atoms with van der Waals surface area (Å²) in [7, 11) is 0. The SMILES string of the molecule is CC1(C)OC2(CN)CC1(NCc1cccc3c1C(=O)N(C1CCC(=O)NC1=O)C3)C2. The Bertz CT molecular complexity index is 950. The molecule has 0 radical (unpaired) electrons. The number of piperidine rings is 1. The van der Waals surface area contributed by atoms with Crippen LogP contribution in [-0.2, 0) is 27.4 Å². The number of hydrogen-bond acceptors (Lipinski definition) is 6. The molecule has 0 aromatic heterocycles. The molecule has 1 aromatic carbocycles. The molecule has 3 amide bonds. The number of nitrogens with zero attached hydrogens (tertiary/aromatic N) is 1. The Kier molecular flexibility index (Phi) is 4.16. The van der Waals surface area contributed by atoms with Crippen molar-refractivity contribution in [3.05, 3.63) is 34.9 Å². The predicted molar refractivity (Wildman–Crippen MR) is 108 cm³/mol. The van der Waals surface area contributed by atoms with E-state index in [9.17, 15) is 14.4 Å². The lowest BCUT2D eigenvalue weighted by Gasteiger charge is -2.47. The van der Waals surface area contributed by atoms with Gasteiger partial charge in [-0.15, -0.1) is 0 Å². The van der Waals surface area contributed by atoms with E-state index in [1.54, 1.807) is 4.90 Å². The maximum atomic E-state index is 13.2. The molecule has 1 saturated carbocycles. The van der Waals surface area contributed by atoms with Crippen LogP contribution >= 0.6 is 0 Å². The monoisotopic (exact) mass is 412 g/mol. The number of fused-ring (bicyclic) bond motifs is 2.